The molecule has 424 valence electrons. The second-order valence-electron chi connectivity index (χ2n) is 27.7. The van der Waals surface area contributed by atoms with E-state index < -0.39 is 37.1 Å². The molecule has 8 aliphatic carbocycles. The zero-order chi connectivity index (χ0) is 54.7. The highest BCUT2D eigenvalue weighted by Crippen LogP contribution is 2.70. The molecule has 14 nitrogen and oxygen atoms in total. The first-order valence-corrected chi connectivity index (χ1v) is 30.6. The van der Waals surface area contributed by atoms with Crippen LogP contribution in [-0.2, 0) is 38.1 Å². The molecular weight excluding hydrogens is 985 g/mol. The van der Waals surface area contributed by atoms with Crippen LogP contribution in [0.5, 0.6) is 0 Å². The molecule has 2 N–H and O–H groups in total. The van der Waals surface area contributed by atoms with Crippen molar-refractivity contribution in [1.82, 2.24) is 9.97 Å². The van der Waals surface area contributed by atoms with Crippen LogP contribution >= 0.6 is 0 Å². The van der Waals surface area contributed by atoms with Gasteiger partial charge in [0.15, 0.2) is 13.2 Å². The second-order valence-corrected chi connectivity index (χ2v) is 27.7. The third-order valence-corrected chi connectivity index (χ3v) is 24.1. The molecule has 8 heterocycles. The summed E-state index contributed by atoms with van der Waals surface area (Å²) in [4.78, 5) is 88.5. The molecule has 6 aliphatic heterocycles. The molecule has 78 heavy (non-hydrogen) atoms. The van der Waals surface area contributed by atoms with E-state index in [0.717, 1.165) is 64.2 Å². The molecule has 2 amide bonds. The van der Waals surface area contributed by atoms with Crippen molar-refractivity contribution in [2.45, 2.75) is 195 Å². The maximum Gasteiger partial charge on any atom is 0.344 e. The number of hydrogen-bond acceptors (Lipinski definition) is 12. The Labute approximate surface area is 462 Å². The van der Waals surface area contributed by atoms with Crippen LogP contribution in [-0.4, -0.2) is 71.1 Å². The van der Waals surface area contributed by atoms with Crippen molar-refractivity contribution in [3.05, 3.63) is 47.8 Å². The summed E-state index contributed by atoms with van der Waals surface area (Å²) in [6.45, 7) is 13.7. The Bertz CT molecular complexity index is 2460. The van der Waals surface area contributed by atoms with E-state index in [9.17, 15) is 28.8 Å². The van der Waals surface area contributed by atoms with Gasteiger partial charge in [0.1, 0.15) is 23.8 Å². The number of carbonyl (C=O) groups is 6. The lowest BCUT2D eigenvalue weighted by atomic mass is 9.44. The van der Waals surface area contributed by atoms with Gasteiger partial charge >= 0.3 is 23.9 Å². The zero-order valence-electron chi connectivity index (χ0n) is 47.5. The Morgan fingerprint density at radius 1 is 0.487 bits per heavy atom. The van der Waals surface area contributed by atoms with E-state index in [-0.39, 0.29) is 56.8 Å². The largest absolute Gasteiger partial charge is 0.460 e. The van der Waals surface area contributed by atoms with E-state index in [1.54, 1.807) is 12.1 Å². The number of nitrogens with one attached hydrogen (secondary N) is 2. The third-order valence-electron chi connectivity index (χ3n) is 24.1. The average molecular weight is 1070 g/mol. The van der Waals surface area contributed by atoms with Gasteiger partial charge in [-0.25, -0.2) is 24.2 Å². The quantitative estimate of drug-likeness (QED) is 0.188. The minimum atomic E-state index is -0.814. The highest BCUT2D eigenvalue weighted by molar-refractivity contribution is 5.96. The van der Waals surface area contributed by atoms with Crippen LogP contribution in [0.1, 0.15) is 204 Å². The molecule has 2 aromatic heterocycles. The van der Waals surface area contributed by atoms with Crippen LogP contribution < -0.4 is 10.6 Å². The number of rotatable bonds is 0. The van der Waals surface area contributed by atoms with E-state index in [1.807, 2.05) is 6.07 Å². The lowest BCUT2D eigenvalue weighted by Crippen LogP contribution is -2.54. The summed E-state index contributed by atoms with van der Waals surface area (Å²) < 4.78 is 22.7. The number of carbonyl (C=O) groups excluding carboxylic acids is 6. The van der Waals surface area contributed by atoms with Gasteiger partial charge in [0.2, 0.25) is 11.8 Å². The molecule has 14 aliphatic rings. The van der Waals surface area contributed by atoms with E-state index in [0.29, 0.717) is 95.5 Å². The normalized spacial score (nSPS) is 42.7. The van der Waals surface area contributed by atoms with Crippen LogP contribution in [0.2, 0.25) is 0 Å². The smallest absolute Gasteiger partial charge is 0.344 e. The number of pyridine rings is 2. The van der Waals surface area contributed by atoms with Gasteiger partial charge in [-0.05, 0) is 239 Å². The lowest BCUT2D eigenvalue weighted by Gasteiger charge is -2.61. The highest BCUT2D eigenvalue weighted by atomic mass is 16.6. The molecule has 20 bridgehead atoms. The monoisotopic (exact) mass is 1070 g/mol. The van der Waals surface area contributed by atoms with Crippen LogP contribution in [0.25, 0.3) is 0 Å². The Morgan fingerprint density at radius 2 is 0.897 bits per heavy atom. The van der Waals surface area contributed by atoms with Gasteiger partial charge in [-0.2, -0.15) is 0 Å². The summed E-state index contributed by atoms with van der Waals surface area (Å²) in [6, 6.07) is 6.75. The van der Waals surface area contributed by atoms with Gasteiger partial charge in [0.25, 0.3) is 0 Å². The van der Waals surface area contributed by atoms with Crippen molar-refractivity contribution in [3.63, 3.8) is 0 Å². The number of ether oxygens (including phenoxy) is 4. The summed E-state index contributed by atoms with van der Waals surface area (Å²) in [5, 5.41) is 6.11. The molecule has 0 radical (unpaired) electrons. The molecule has 0 aromatic carbocycles. The maximum atomic E-state index is 13.5. The Balaban J connectivity index is 0.752. The number of hydrogen-bond donors (Lipinski definition) is 2. The Morgan fingerprint density at radius 3 is 1.35 bits per heavy atom. The number of aromatic nitrogens is 2. The predicted molar refractivity (Wildman–Crippen MR) is 293 cm³/mol. The first kappa shape index (κ1) is 55.0. The van der Waals surface area contributed by atoms with E-state index in [1.165, 1.54) is 82.7 Å². The summed E-state index contributed by atoms with van der Waals surface area (Å²) in [7, 11) is 0. The van der Waals surface area contributed by atoms with E-state index in [2.05, 4.69) is 62.1 Å². The Hall–Kier alpha value is -4.88. The molecule has 18 atom stereocenters. The number of nitrogens with zero attached hydrogens (tertiary/aromatic N) is 2. The third kappa shape index (κ3) is 10.4. The number of anilines is 2. The molecule has 8 fully saturated rings. The van der Waals surface area contributed by atoms with Crippen molar-refractivity contribution in [2.75, 3.05) is 23.8 Å². The first-order valence-electron chi connectivity index (χ1n) is 30.6. The second kappa shape index (κ2) is 21.9. The molecule has 16 rings (SSSR count). The SMILES string of the molecule is C[C@@H]1CCC(=O)Nc2cccc(n2)NC(=O)CC[C@@H](C)[C@H]2CC[C@H]3[C@@H]4CC[C@@H]5C[C@@H](CC[C@]5(C)[C@H]4CC[C@]23C)OC(=O)COC(=O)c2cncc(c2)C(=O)OCC(=O)O[C@@H]2CC[C@@]3(C)[C@H](CC[C@@H]4[C@@H]3CC[C@]3(C)[C@@H]1CC[C@@H]43)C2. The minimum Gasteiger partial charge on any atom is -0.460 e. The van der Waals surface area contributed by atoms with Gasteiger partial charge in [-0.3, -0.25) is 14.6 Å². The fourth-order valence-corrected chi connectivity index (χ4v) is 20.2. The van der Waals surface area contributed by atoms with Crippen LogP contribution in [0, 0.1) is 92.7 Å². The minimum absolute atomic E-state index is 0.0187. The molecule has 0 unspecified atom stereocenters. The van der Waals surface area contributed by atoms with Gasteiger partial charge in [0, 0.05) is 25.2 Å². The fourth-order valence-electron chi connectivity index (χ4n) is 20.2. The van der Waals surface area contributed by atoms with Crippen molar-refractivity contribution < 1.29 is 47.7 Å². The summed E-state index contributed by atoms with van der Waals surface area (Å²) in [5.41, 5.74) is 0.798. The lowest BCUT2D eigenvalue weighted by molar-refractivity contribution is -0.166. The number of amides is 2. The van der Waals surface area contributed by atoms with Gasteiger partial charge in [-0.15, -0.1) is 0 Å². The first-order chi connectivity index (χ1) is 37.3. The zero-order valence-corrected chi connectivity index (χ0v) is 47.5. The summed E-state index contributed by atoms with van der Waals surface area (Å²) in [5.74, 6) is 4.80. The van der Waals surface area contributed by atoms with Crippen LogP contribution in [0.3, 0.4) is 0 Å². The van der Waals surface area contributed by atoms with Gasteiger partial charge < -0.3 is 29.6 Å². The standard InChI is InChI=1S/C64H88N4O10/c1-37-10-20-55(69)67-53-8-7-9-54(66-53)68-56(70)21-11-38(2)48-17-19-50-46-15-13-42-32-44(23-27-62(42,4)52(46)25-29-64(48,50)6)78-58(72)36-76-60(74)40-30-39(33-65-34-40)59(73)75-35-57(71)77-43-22-26-61(3)41(31-43)12-14-45-49-18-16-47(37)63(49,5)28-24-51(45)61/h7-9,30,33-34,37-38,41-52H,10-29,31-32,35-36H2,1-6H3,(H2,66,67,68,69,70)/t37-,38-,41-,42-,43-,44-,45+,46+,47-,48-,49+,50+,51+,52+,61+,62+,63-,64-/m1/s1. The molecule has 14 heteroatoms. The summed E-state index contributed by atoms with van der Waals surface area (Å²) in [6.07, 6.45) is 24.0. The van der Waals surface area contributed by atoms with Gasteiger partial charge in [0.05, 0.1) is 11.1 Å². The van der Waals surface area contributed by atoms with Crippen molar-refractivity contribution in [3.8, 4) is 0 Å². The maximum absolute atomic E-state index is 13.5. The summed E-state index contributed by atoms with van der Waals surface area (Å²) >= 11 is 0. The van der Waals surface area contributed by atoms with Crippen LogP contribution in [0.4, 0.5) is 11.6 Å². The molecule has 8 saturated carbocycles. The van der Waals surface area contributed by atoms with Crippen molar-refractivity contribution >= 4 is 47.3 Å². The van der Waals surface area contributed by atoms with E-state index in [4.69, 9.17) is 18.9 Å². The molecule has 2 aromatic rings. The topological polar surface area (TPSA) is 189 Å². The molecule has 0 spiro atoms. The average Bonchev–Trinajstić information content (AvgIpc) is 4.14. The molecule has 0 saturated heterocycles. The van der Waals surface area contributed by atoms with Crippen LogP contribution in [0.15, 0.2) is 36.7 Å². The van der Waals surface area contributed by atoms with Gasteiger partial charge in [-0.1, -0.05) is 47.6 Å². The van der Waals surface area contributed by atoms with E-state index >= 15 is 0 Å². The fraction of sp³-hybridized carbons (Fsp3) is 0.750. The van der Waals surface area contributed by atoms with Crippen molar-refractivity contribution in [2.24, 2.45) is 92.7 Å². The number of esters is 4. The Kier molecular flexibility index (Phi) is 15.4. The van der Waals surface area contributed by atoms with Crippen molar-refractivity contribution in [1.29, 1.82) is 0 Å². The molecular formula is C64H88N4O10. The highest BCUT2D eigenvalue weighted by Gasteiger charge is 2.63. The predicted octanol–water partition coefficient (Wildman–Crippen LogP) is 12.4.